The number of imidazole rings is 1. The molecule has 3 aromatic rings. The number of halogens is 1. The summed E-state index contributed by atoms with van der Waals surface area (Å²) in [5.41, 5.74) is 2.71. The molecule has 1 aromatic carbocycles. The fourth-order valence-electron chi connectivity index (χ4n) is 2.99. The molecule has 0 aliphatic carbocycles. The third kappa shape index (κ3) is 7.03. The first-order valence-electron chi connectivity index (χ1n) is 9.62. The van der Waals surface area contributed by atoms with Crippen LogP contribution < -0.4 is 10.6 Å². The molecule has 0 bridgehead atoms. The summed E-state index contributed by atoms with van der Waals surface area (Å²) >= 11 is 0. The number of aliphatic imine (C=N–C) groups is 1. The largest absolute Gasteiger partial charge is 0.357 e. The van der Waals surface area contributed by atoms with Crippen LogP contribution in [0.15, 0.2) is 65.1 Å². The summed E-state index contributed by atoms with van der Waals surface area (Å²) < 4.78 is 25.4. The lowest BCUT2D eigenvalue weighted by Crippen LogP contribution is -2.36. The Balaban J connectivity index is 0.00000341. The number of guanidine groups is 1. The average molecular weight is 554 g/mol. The van der Waals surface area contributed by atoms with Gasteiger partial charge < -0.3 is 10.6 Å². The molecule has 31 heavy (non-hydrogen) atoms. The average Bonchev–Trinajstić information content (AvgIpc) is 3.24. The minimum absolute atomic E-state index is 0. The molecule has 10 heteroatoms. The minimum atomic E-state index is -3.21. The molecule has 0 aliphatic rings. The Bertz CT molecular complexity index is 1110. The van der Waals surface area contributed by atoms with E-state index in [9.17, 15) is 8.42 Å². The van der Waals surface area contributed by atoms with Crippen molar-refractivity contribution in [2.75, 3.05) is 12.8 Å². The van der Waals surface area contributed by atoms with Crippen LogP contribution in [0.3, 0.4) is 0 Å². The summed E-state index contributed by atoms with van der Waals surface area (Å²) in [6, 6.07) is 9.27. The third-order valence-corrected chi connectivity index (χ3v) is 5.70. The van der Waals surface area contributed by atoms with E-state index < -0.39 is 9.84 Å². The van der Waals surface area contributed by atoms with Crippen molar-refractivity contribution in [2.24, 2.45) is 4.99 Å². The number of pyridine rings is 1. The monoisotopic (exact) mass is 554 g/mol. The van der Waals surface area contributed by atoms with Gasteiger partial charge in [0.1, 0.15) is 12.1 Å². The maximum Gasteiger partial charge on any atom is 0.191 e. The van der Waals surface area contributed by atoms with Crippen LogP contribution >= 0.6 is 24.0 Å². The molecule has 8 nitrogen and oxygen atoms in total. The summed E-state index contributed by atoms with van der Waals surface area (Å²) in [5.74, 6) is 1.49. The van der Waals surface area contributed by atoms with E-state index >= 15 is 0 Å². The van der Waals surface area contributed by atoms with Crippen LogP contribution in [0, 0.1) is 6.92 Å². The number of nitrogens with one attached hydrogen (secondary N) is 2. The molecule has 0 saturated carbocycles. The van der Waals surface area contributed by atoms with Crippen LogP contribution in [0.5, 0.6) is 0 Å². The molecule has 0 amide bonds. The van der Waals surface area contributed by atoms with Crippen LogP contribution in [-0.2, 0) is 22.9 Å². The second kappa shape index (κ2) is 11.2. The zero-order valence-electron chi connectivity index (χ0n) is 17.7. The molecular weight excluding hydrogens is 527 g/mol. The summed E-state index contributed by atoms with van der Waals surface area (Å²) in [4.78, 5) is 13.4. The van der Waals surface area contributed by atoms with Gasteiger partial charge >= 0.3 is 0 Å². The van der Waals surface area contributed by atoms with Crippen molar-refractivity contribution in [1.82, 2.24) is 25.2 Å². The van der Waals surface area contributed by atoms with Gasteiger partial charge in [-0.3, -0.25) is 4.57 Å². The zero-order chi connectivity index (χ0) is 21.6. The predicted octanol–water partition coefficient (Wildman–Crippen LogP) is 2.85. The van der Waals surface area contributed by atoms with Gasteiger partial charge in [-0.15, -0.1) is 24.0 Å². The lowest BCUT2D eigenvalue weighted by molar-refractivity contribution is 0.601. The number of benzene rings is 1. The Morgan fingerprint density at radius 3 is 2.52 bits per heavy atom. The summed E-state index contributed by atoms with van der Waals surface area (Å²) in [6.45, 7) is 5.56. The quantitative estimate of drug-likeness (QED) is 0.265. The highest BCUT2D eigenvalue weighted by molar-refractivity contribution is 14.0. The van der Waals surface area contributed by atoms with Gasteiger partial charge in [0, 0.05) is 37.9 Å². The molecular formula is C21H27IN6O2S. The highest BCUT2D eigenvalue weighted by Crippen LogP contribution is 2.16. The van der Waals surface area contributed by atoms with E-state index in [1.165, 1.54) is 6.26 Å². The summed E-state index contributed by atoms with van der Waals surface area (Å²) in [5, 5.41) is 6.50. The Hall–Kier alpha value is -2.47. The number of aromatic nitrogens is 3. The van der Waals surface area contributed by atoms with Crippen LogP contribution in [-0.4, -0.2) is 41.7 Å². The van der Waals surface area contributed by atoms with Crippen LogP contribution in [0.2, 0.25) is 0 Å². The molecule has 0 atom stereocenters. The number of nitrogens with zero attached hydrogens (tertiary/aromatic N) is 4. The van der Waals surface area contributed by atoms with E-state index in [2.05, 4.69) is 25.6 Å². The fourth-order valence-corrected chi connectivity index (χ4v) is 3.95. The predicted molar refractivity (Wildman–Crippen MR) is 133 cm³/mol. The molecule has 0 spiro atoms. The zero-order valence-corrected chi connectivity index (χ0v) is 20.9. The van der Waals surface area contributed by atoms with Crippen LogP contribution in [0.4, 0.5) is 0 Å². The first kappa shape index (κ1) is 24.8. The van der Waals surface area contributed by atoms with Crippen LogP contribution in [0.1, 0.15) is 23.6 Å². The molecule has 2 aromatic heterocycles. The van der Waals surface area contributed by atoms with E-state index in [-0.39, 0.29) is 24.0 Å². The Kier molecular flexibility index (Phi) is 8.99. The first-order chi connectivity index (χ1) is 14.4. The van der Waals surface area contributed by atoms with Gasteiger partial charge in [-0.25, -0.2) is 23.4 Å². The molecule has 0 fully saturated rings. The molecule has 0 aliphatic heterocycles. The number of rotatable bonds is 7. The lowest BCUT2D eigenvalue weighted by Gasteiger charge is -2.13. The fraction of sp³-hybridized carbons (Fsp3) is 0.286. The Labute approximate surface area is 200 Å². The van der Waals surface area contributed by atoms with Gasteiger partial charge in [-0.2, -0.15) is 0 Å². The van der Waals surface area contributed by atoms with Crippen molar-refractivity contribution in [3.05, 3.63) is 71.9 Å². The van der Waals surface area contributed by atoms with Crippen molar-refractivity contribution >= 4 is 39.8 Å². The molecule has 3 rings (SSSR count). The molecule has 0 saturated heterocycles. The lowest BCUT2D eigenvalue weighted by atomic mass is 10.1. The summed E-state index contributed by atoms with van der Waals surface area (Å²) in [7, 11) is -3.21. The van der Waals surface area contributed by atoms with Gasteiger partial charge in [-0.1, -0.05) is 18.2 Å². The molecule has 0 radical (unpaired) electrons. The van der Waals surface area contributed by atoms with E-state index in [4.69, 9.17) is 0 Å². The highest BCUT2D eigenvalue weighted by Gasteiger charge is 2.11. The van der Waals surface area contributed by atoms with E-state index in [1.54, 1.807) is 31.7 Å². The van der Waals surface area contributed by atoms with Gasteiger partial charge in [-0.05, 0) is 42.7 Å². The Morgan fingerprint density at radius 1 is 1.16 bits per heavy atom. The topological polar surface area (TPSA) is 101 Å². The minimum Gasteiger partial charge on any atom is -0.357 e. The van der Waals surface area contributed by atoms with E-state index in [0.717, 1.165) is 29.1 Å². The van der Waals surface area contributed by atoms with Crippen molar-refractivity contribution in [2.45, 2.75) is 31.8 Å². The molecule has 2 N–H and O–H groups in total. The third-order valence-electron chi connectivity index (χ3n) is 4.44. The van der Waals surface area contributed by atoms with Gasteiger partial charge in [0.05, 0.1) is 11.4 Å². The normalized spacial score (nSPS) is 11.6. The second-order valence-corrected chi connectivity index (χ2v) is 8.90. The molecule has 0 unspecified atom stereocenters. The number of aryl methyl sites for hydroxylation is 1. The highest BCUT2D eigenvalue weighted by atomic mass is 127. The molecule has 166 valence electrons. The van der Waals surface area contributed by atoms with Crippen molar-refractivity contribution in [1.29, 1.82) is 0 Å². The van der Waals surface area contributed by atoms with Gasteiger partial charge in [0.2, 0.25) is 0 Å². The first-order valence-corrected chi connectivity index (χ1v) is 11.5. The standard InChI is InChI=1S/C21H26N6O2S.HI/c1-4-23-21(25-12-17-5-7-19(16(2)11-17)30(3,28)29)26-14-18-6-8-20(24-13-18)27-10-9-22-15-27;/h5-11,13,15H,4,12,14H2,1-3H3,(H2,23,25,26);1H. The number of hydrogen-bond acceptors (Lipinski definition) is 5. The maximum absolute atomic E-state index is 11.8. The maximum atomic E-state index is 11.8. The smallest absolute Gasteiger partial charge is 0.191 e. The summed E-state index contributed by atoms with van der Waals surface area (Å²) in [6.07, 6.45) is 8.29. The van der Waals surface area contributed by atoms with Crippen molar-refractivity contribution in [3.63, 3.8) is 0 Å². The Morgan fingerprint density at radius 2 is 1.94 bits per heavy atom. The SMILES string of the molecule is CCNC(=NCc1ccc(-n2ccnc2)nc1)NCc1ccc(S(C)(=O)=O)c(C)c1.I. The van der Waals surface area contributed by atoms with Gasteiger partial charge in [0.15, 0.2) is 15.8 Å². The molecule has 2 heterocycles. The van der Waals surface area contributed by atoms with Crippen molar-refractivity contribution in [3.8, 4) is 5.82 Å². The van der Waals surface area contributed by atoms with Gasteiger partial charge in [0.25, 0.3) is 0 Å². The van der Waals surface area contributed by atoms with Crippen molar-refractivity contribution < 1.29 is 8.42 Å². The van der Waals surface area contributed by atoms with E-state index in [1.807, 2.05) is 42.0 Å². The number of hydrogen-bond donors (Lipinski definition) is 2. The number of sulfone groups is 1. The second-order valence-electron chi connectivity index (χ2n) is 6.92. The van der Waals surface area contributed by atoms with E-state index in [0.29, 0.717) is 23.9 Å². The van der Waals surface area contributed by atoms with Crippen LogP contribution in [0.25, 0.3) is 5.82 Å².